The normalized spacial score (nSPS) is 20.0. The highest BCUT2D eigenvalue weighted by Crippen LogP contribution is 2.41. The highest BCUT2D eigenvalue weighted by molar-refractivity contribution is 5.89. The summed E-state index contributed by atoms with van der Waals surface area (Å²) in [5.74, 6) is -3.07. The number of carbonyl (C=O) groups excluding carboxylic acids is 1. The maximum Gasteiger partial charge on any atom is 0.322 e. The molecule has 8 heteroatoms. The third kappa shape index (κ3) is 3.17. The van der Waals surface area contributed by atoms with E-state index >= 15 is 0 Å². The number of fused-ring (bicyclic) bond motifs is 1. The van der Waals surface area contributed by atoms with Crippen LogP contribution in [0.15, 0.2) is 16.7 Å². The minimum absolute atomic E-state index is 0.129. The van der Waals surface area contributed by atoms with Crippen molar-refractivity contribution >= 4 is 11.7 Å². The van der Waals surface area contributed by atoms with Crippen LogP contribution < -0.4 is 5.32 Å². The molecule has 0 saturated heterocycles. The minimum Gasteiger partial charge on any atom is -0.360 e. The number of hydrogen-bond acceptors (Lipinski definition) is 3. The molecule has 27 heavy (non-hydrogen) atoms. The van der Waals surface area contributed by atoms with Crippen molar-refractivity contribution in [2.45, 2.75) is 51.0 Å². The SMILES string of the molecule is CC1c2c(noc2C2CCCC2)CCN1C(=O)Nc1cc(F)c(F)c(F)c1. The monoisotopic (exact) mass is 379 g/mol. The van der Waals surface area contributed by atoms with Crippen molar-refractivity contribution in [3.8, 4) is 0 Å². The molecule has 1 aromatic carbocycles. The molecule has 0 bridgehead atoms. The number of amides is 2. The van der Waals surface area contributed by atoms with E-state index in [0.29, 0.717) is 18.9 Å². The van der Waals surface area contributed by atoms with Gasteiger partial charge in [0.1, 0.15) is 5.76 Å². The first-order valence-electron chi connectivity index (χ1n) is 9.16. The summed E-state index contributed by atoms with van der Waals surface area (Å²) < 4.78 is 45.5. The molecule has 1 aromatic heterocycles. The fourth-order valence-corrected chi connectivity index (χ4v) is 4.13. The molecule has 2 aromatic rings. The van der Waals surface area contributed by atoms with Gasteiger partial charge in [-0.25, -0.2) is 18.0 Å². The lowest BCUT2D eigenvalue weighted by Crippen LogP contribution is -2.41. The number of nitrogens with zero attached hydrogens (tertiary/aromatic N) is 2. The Morgan fingerprint density at radius 2 is 1.89 bits per heavy atom. The number of anilines is 1. The van der Waals surface area contributed by atoms with Crippen LogP contribution in [0, 0.1) is 17.5 Å². The summed E-state index contributed by atoms with van der Waals surface area (Å²) in [4.78, 5) is 14.3. The predicted octanol–water partition coefficient (Wildman–Crippen LogP) is 4.90. The van der Waals surface area contributed by atoms with E-state index in [1.165, 1.54) is 0 Å². The molecule has 2 amide bonds. The second-order valence-electron chi connectivity index (χ2n) is 7.19. The molecule has 1 unspecified atom stereocenters. The van der Waals surface area contributed by atoms with Gasteiger partial charge in [-0.3, -0.25) is 0 Å². The molecular weight excluding hydrogens is 359 g/mol. The Balaban J connectivity index is 1.55. The molecule has 0 radical (unpaired) electrons. The van der Waals surface area contributed by atoms with Gasteiger partial charge in [0.15, 0.2) is 17.5 Å². The van der Waals surface area contributed by atoms with E-state index in [0.717, 1.165) is 54.8 Å². The predicted molar refractivity (Wildman–Crippen MR) is 91.9 cm³/mol. The van der Waals surface area contributed by atoms with Crippen molar-refractivity contribution in [1.82, 2.24) is 10.1 Å². The average Bonchev–Trinajstić information content (AvgIpc) is 3.29. The average molecular weight is 379 g/mol. The molecule has 2 aliphatic rings. The van der Waals surface area contributed by atoms with Gasteiger partial charge in [-0.1, -0.05) is 18.0 Å². The third-order valence-electron chi connectivity index (χ3n) is 5.53. The Kier molecular flexibility index (Phi) is 4.57. The lowest BCUT2D eigenvalue weighted by atomic mass is 9.92. The van der Waals surface area contributed by atoms with E-state index in [4.69, 9.17) is 4.52 Å². The van der Waals surface area contributed by atoms with Crippen LogP contribution in [0.1, 0.15) is 61.6 Å². The number of benzene rings is 1. The van der Waals surface area contributed by atoms with E-state index in [1.54, 1.807) is 4.90 Å². The number of carbonyl (C=O) groups is 1. The largest absolute Gasteiger partial charge is 0.360 e. The Labute approximate surface area is 154 Å². The Hall–Kier alpha value is -2.51. The topological polar surface area (TPSA) is 58.4 Å². The van der Waals surface area contributed by atoms with E-state index in [2.05, 4.69) is 10.5 Å². The van der Waals surface area contributed by atoms with E-state index < -0.39 is 23.5 Å². The lowest BCUT2D eigenvalue weighted by Gasteiger charge is -2.33. The first-order chi connectivity index (χ1) is 13.0. The van der Waals surface area contributed by atoms with Crippen LogP contribution in [0.2, 0.25) is 0 Å². The summed E-state index contributed by atoms with van der Waals surface area (Å²) in [6.45, 7) is 2.29. The molecule has 5 nitrogen and oxygen atoms in total. The van der Waals surface area contributed by atoms with Crippen LogP contribution in [0.3, 0.4) is 0 Å². The van der Waals surface area contributed by atoms with Crippen molar-refractivity contribution in [2.24, 2.45) is 0 Å². The molecule has 144 valence electrons. The number of hydrogen-bond donors (Lipinski definition) is 1. The summed E-state index contributed by atoms with van der Waals surface area (Å²) in [5.41, 5.74) is 1.68. The van der Waals surface area contributed by atoms with Gasteiger partial charge in [0, 0.05) is 42.3 Å². The number of halogens is 3. The first kappa shape index (κ1) is 17.9. The number of nitrogens with one attached hydrogen (secondary N) is 1. The van der Waals surface area contributed by atoms with Crippen LogP contribution in [-0.4, -0.2) is 22.6 Å². The van der Waals surface area contributed by atoms with Crippen molar-refractivity contribution < 1.29 is 22.5 Å². The van der Waals surface area contributed by atoms with Gasteiger partial charge in [0.25, 0.3) is 0 Å². The standard InChI is InChI=1S/C19H20F3N3O2/c1-10-16-15(24-27-18(16)11-4-2-3-5-11)6-7-25(10)19(26)23-12-8-13(20)17(22)14(21)9-12/h8-11H,2-7H2,1H3,(H,23,26). The molecular formula is C19H20F3N3O2. The zero-order chi connectivity index (χ0) is 19.1. The molecule has 1 atom stereocenters. The summed E-state index contributed by atoms with van der Waals surface area (Å²) in [7, 11) is 0. The number of urea groups is 1. The van der Waals surface area contributed by atoms with Crippen LogP contribution in [0.5, 0.6) is 0 Å². The van der Waals surface area contributed by atoms with Gasteiger partial charge in [0.2, 0.25) is 0 Å². The van der Waals surface area contributed by atoms with Gasteiger partial charge in [-0.05, 0) is 19.8 Å². The molecule has 1 saturated carbocycles. The fourth-order valence-electron chi connectivity index (χ4n) is 4.13. The number of rotatable bonds is 2. The lowest BCUT2D eigenvalue weighted by molar-refractivity contribution is 0.187. The second kappa shape index (κ2) is 6.90. The zero-order valence-corrected chi connectivity index (χ0v) is 14.9. The quantitative estimate of drug-likeness (QED) is 0.755. The van der Waals surface area contributed by atoms with Gasteiger partial charge in [-0.2, -0.15) is 0 Å². The smallest absolute Gasteiger partial charge is 0.322 e. The van der Waals surface area contributed by atoms with E-state index in [-0.39, 0.29) is 11.7 Å². The Morgan fingerprint density at radius 3 is 2.56 bits per heavy atom. The second-order valence-corrected chi connectivity index (χ2v) is 7.19. The maximum atomic E-state index is 13.4. The highest BCUT2D eigenvalue weighted by Gasteiger charge is 2.36. The van der Waals surface area contributed by atoms with Crippen molar-refractivity contribution in [3.63, 3.8) is 0 Å². The summed E-state index contributed by atoms with van der Waals surface area (Å²) in [6.07, 6.45) is 4.96. The van der Waals surface area contributed by atoms with E-state index in [9.17, 15) is 18.0 Å². The van der Waals surface area contributed by atoms with E-state index in [1.807, 2.05) is 6.92 Å². The molecule has 2 heterocycles. The van der Waals surface area contributed by atoms with Crippen LogP contribution >= 0.6 is 0 Å². The molecule has 4 rings (SSSR count). The molecule has 1 fully saturated rings. The number of aromatic nitrogens is 1. The van der Waals surface area contributed by atoms with Crippen molar-refractivity contribution in [2.75, 3.05) is 11.9 Å². The summed E-state index contributed by atoms with van der Waals surface area (Å²) in [6, 6.07) is 0.752. The van der Waals surface area contributed by atoms with Crippen molar-refractivity contribution in [1.29, 1.82) is 0 Å². The summed E-state index contributed by atoms with van der Waals surface area (Å²) >= 11 is 0. The van der Waals surface area contributed by atoms with Crippen LogP contribution in [-0.2, 0) is 6.42 Å². The van der Waals surface area contributed by atoms with Gasteiger partial charge >= 0.3 is 6.03 Å². The fraction of sp³-hybridized carbons (Fsp3) is 0.474. The first-order valence-corrected chi connectivity index (χ1v) is 9.16. The maximum absolute atomic E-state index is 13.4. The Bertz CT molecular complexity index is 854. The van der Waals surface area contributed by atoms with Gasteiger partial charge < -0.3 is 14.7 Å². The Morgan fingerprint density at radius 1 is 1.22 bits per heavy atom. The molecule has 1 aliphatic carbocycles. The van der Waals surface area contributed by atoms with Crippen LogP contribution in [0.4, 0.5) is 23.7 Å². The zero-order valence-electron chi connectivity index (χ0n) is 14.9. The van der Waals surface area contributed by atoms with Crippen LogP contribution in [0.25, 0.3) is 0 Å². The molecule has 1 aliphatic heterocycles. The molecule has 0 spiro atoms. The molecule has 1 N–H and O–H groups in total. The van der Waals surface area contributed by atoms with Crippen molar-refractivity contribution in [3.05, 3.63) is 46.6 Å². The summed E-state index contributed by atoms with van der Waals surface area (Å²) in [5, 5.41) is 6.64. The van der Waals surface area contributed by atoms with Gasteiger partial charge in [-0.15, -0.1) is 0 Å². The van der Waals surface area contributed by atoms with Gasteiger partial charge in [0.05, 0.1) is 11.7 Å². The third-order valence-corrected chi connectivity index (χ3v) is 5.53. The minimum atomic E-state index is -1.56. The highest BCUT2D eigenvalue weighted by atomic mass is 19.2.